The van der Waals surface area contributed by atoms with Crippen molar-refractivity contribution in [2.24, 2.45) is 5.92 Å². The fourth-order valence-corrected chi connectivity index (χ4v) is 2.38. The lowest BCUT2D eigenvalue weighted by molar-refractivity contribution is 0.459. The SMILES string of the molecule is CSCCNC1CCCC(C)CC1. The van der Waals surface area contributed by atoms with Crippen LogP contribution < -0.4 is 5.32 Å². The van der Waals surface area contributed by atoms with Gasteiger partial charge in [-0.25, -0.2) is 0 Å². The molecule has 0 amide bonds. The predicted molar refractivity (Wildman–Crippen MR) is 62.4 cm³/mol. The molecule has 0 heterocycles. The minimum atomic E-state index is 0.817. The van der Waals surface area contributed by atoms with Gasteiger partial charge < -0.3 is 5.32 Å². The van der Waals surface area contributed by atoms with Crippen LogP contribution in [0.5, 0.6) is 0 Å². The first-order valence-corrected chi connectivity index (χ1v) is 6.94. The molecule has 2 heteroatoms. The lowest BCUT2D eigenvalue weighted by Gasteiger charge is -2.15. The summed E-state index contributed by atoms with van der Waals surface area (Å²) < 4.78 is 0. The zero-order chi connectivity index (χ0) is 9.52. The van der Waals surface area contributed by atoms with E-state index < -0.39 is 0 Å². The Morgan fingerprint density at radius 1 is 1.23 bits per heavy atom. The molecule has 0 aliphatic heterocycles. The van der Waals surface area contributed by atoms with Crippen LogP contribution in [-0.4, -0.2) is 24.6 Å². The van der Waals surface area contributed by atoms with E-state index in [9.17, 15) is 0 Å². The average molecular weight is 201 g/mol. The van der Waals surface area contributed by atoms with Gasteiger partial charge in [0.25, 0.3) is 0 Å². The maximum Gasteiger partial charge on any atom is 0.00675 e. The van der Waals surface area contributed by atoms with E-state index in [1.165, 1.54) is 44.4 Å². The van der Waals surface area contributed by atoms with Crippen molar-refractivity contribution in [3.8, 4) is 0 Å². The van der Waals surface area contributed by atoms with Crippen LogP contribution in [0.2, 0.25) is 0 Å². The standard InChI is InChI=1S/C11H23NS/c1-10-4-3-5-11(7-6-10)12-8-9-13-2/h10-12H,3-9H2,1-2H3. The van der Waals surface area contributed by atoms with Crippen molar-refractivity contribution in [1.29, 1.82) is 0 Å². The Bertz CT molecular complexity index is 127. The highest BCUT2D eigenvalue weighted by Crippen LogP contribution is 2.22. The Morgan fingerprint density at radius 2 is 2.08 bits per heavy atom. The average Bonchev–Trinajstić information content (AvgIpc) is 2.32. The Hall–Kier alpha value is 0.310. The van der Waals surface area contributed by atoms with E-state index in [0.29, 0.717) is 0 Å². The summed E-state index contributed by atoms with van der Waals surface area (Å²) in [6.07, 6.45) is 9.28. The van der Waals surface area contributed by atoms with Gasteiger partial charge in [-0.1, -0.05) is 19.8 Å². The third kappa shape index (κ3) is 4.92. The van der Waals surface area contributed by atoms with Gasteiger partial charge in [-0.15, -0.1) is 0 Å². The molecule has 1 aliphatic rings. The van der Waals surface area contributed by atoms with E-state index in [1.54, 1.807) is 0 Å². The first-order valence-electron chi connectivity index (χ1n) is 5.55. The van der Waals surface area contributed by atoms with Crippen LogP contribution in [-0.2, 0) is 0 Å². The van der Waals surface area contributed by atoms with Crippen molar-refractivity contribution in [2.45, 2.75) is 45.1 Å². The smallest absolute Gasteiger partial charge is 0.00675 e. The fourth-order valence-electron chi connectivity index (χ4n) is 2.06. The van der Waals surface area contributed by atoms with Crippen LogP contribution >= 0.6 is 11.8 Å². The first kappa shape index (κ1) is 11.4. The summed E-state index contributed by atoms with van der Waals surface area (Å²) in [5, 5.41) is 3.66. The quantitative estimate of drug-likeness (QED) is 0.554. The van der Waals surface area contributed by atoms with Gasteiger partial charge in [-0.2, -0.15) is 11.8 Å². The maximum atomic E-state index is 3.66. The van der Waals surface area contributed by atoms with Crippen LogP contribution in [0.1, 0.15) is 39.0 Å². The van der Waals surface area contributed by atoms with Gasteiger partial charge in [0, 0.05) is 18.3 Å². The molecule has 1 saturated carbocycles. The first-order chi connectivity index (χ1) is 6.33. The molecule has 0 radical (unpaired) electrons. The molecular formula is C11H23NS. The van der Waals surface area contributed by atoms with Crippen LogP contribution in [0.4, 0.5) is 0 Å². The van der Waals surface area contributed by atoms with Crippen LogP contribution in [0.25, 0.3) is 0 Å². The van der Waals surface area contributed by atoms with Crippen LogP contribution in [0.3, 0.4) is 0 Å². The second-order valence-corrected chi connectivity index (χ2v) is 5.24. The summed E-state index contributed by atoms with van der Waals surface area (Å²) in [5.74, 6) is 2.22. The monoisotopic (exact) mass is 201 g/mol. The van der Waals surface area contributed by atoms with E-state index in [1.807, 2.05) is 11.8 Å². The lowest BCUT2D eigenvalue weighted by Crippen LogP contribution is -2.30. The summed E-state index contributed by atoms with van der Waals surface area (Å²) in [5.41, 5.74) is 0. The minimum absolute atomic E-state index is 0.817. The van der Waals surface area contributed by atoms with E-state index in [2.05, 4.69) is 18.5 Å². The molecule has 2 unspecified atom stereocenters. The topological polar surface area (TPSA) is 12.0 Å². The zero-order valence-corrected chi connectivity index (χ0v) is 9.83. The summed E-state index contributed by atoms with van der Waals surface area (Å²) in [4.78, 5) is 0. The lowest BCUT2D eigenvalue weighted by atomic mass is 10.0. The molecule has 0 bridgehead atoms. The zero-order valence-electron chi connectivity index (χ0n) is 9.01. The summed E-state index contributed by atoms with van der Waals surface area (Å²) >= 11 is 1.93. The maximum absolute atomic E-state index is 3.66. The van der Waals surface area contributed by atoms with Gasteiger partial charge in [-0.3, -0.25) is 0 Å². The van der Waals surface area contributed by atoms with E-state index in [4.69, 9.17) is 0 Å². The number of hydrogen-bond acceptors (Lipinski definition) is 2. The predicted octanol–water partition coefficient (Wildman–Crippen LogP) is 2.91. The molecule has 1 aliphatic carbocycles. The second kappa shape index (κ2) is 6.72. The second-order valence-electron chi connectivity index (χ2n) is 4.26. The third-order valence-corrected chi connectivity index (χ3v) is 3.61. The largest absolute Gasteiger partial charge is 0.313 e. The summed E-state index contributed by atoms with van der Waals surface area (Å²) in [6, 6.07) is 0.817. The Labute approximate surface area is 87.1 Å². The normalized spacial score (nSPS) is 30.0. The Kier molecular flexibility index (Phi) is 5.88. The Morgan fingerprint density at radius 3 is 2.85 bits per heavy atom. The van der Waals surface area contributed by atoms with Crippen molar-refractivity contribution in [2.75, 3.05) is 18.6 Å². The Balaban J connectivity index is 2.11. The van der Waals surface area contributed by atoms with Gasteiger partial charge >= 0.3 is 0 Å². The van der Waals surface area contributed by atoms with Crippen LogP contribution in [0.15, 0.2) is 0 Å². The molecule has 1 fully saturated rings. The molecule has 78 valence electrons. The van der Waals surface area contributed by atoms with Crippen molar-refractivity contribution in [1.82, 2.24) is 5.32 Å². The number of nitrogens with one attached hydrogen (secondary N) is 1. The highest BCUT2D eigenvalue weighted by Gasteiger charge is 2.14. The number of thioether (sulfide) groups is 1. The highest BCUT2D eigenvalue weighted by atomic mass is 32.2. The summed E-state index contributed by atoms with van der Waals surface area (Å²) in [7, 11) is 0. The van der Waals surface area contributed by atoms with Crippen molar-refractivity contribution in [3.63, 3.8) is 0 Å². The van der Waals surface area contributed by atoms with E-state index in [-0.39, 0.29) is 0 Å². The van der Waals surface area contributed by atoms with Crippen molar-refractivity contribution >= 4 is 11.8 Å². The molecule has 0 aromatic rings. The van der Waals surface area contributed by atoms with Crippen molar-refractivity contribution < 1.29 is 0 Å². The highest BCUT2D eigenvalue weighted by molar-refractivity contribution is 7.98. The van der Waals surface area contributed by atoms with Gasteiger partial charge in [0.1, 0.15) is 0 Å². The fraction of sp³-hybridized carbons (Fsp3) is 1.00. The van der Waals surface area contributed by atoms with Gasteiger partial charge in [0.2, 0.25) is 0 Å². The van der Waals surface area contributed by atoms with E-state index >= 15 is 0 Å². The van der Waals surface area contributed by atoms with E-state index in [0.717, 1.165) is 12.0 Å². The molecule has 0 aromatic heterocycles. The third-order valence-electron chi connectivity index (χ3n) is 3.00. The molecule has 13 heavy (non-hydrogen) atoms. The van der Waals surface area contributed by atoms with Gasteiger partial charge in [0.05, 0.1) is 0 Å². The van der Waals surface area contributed by atoms with Crippen LogP contribution in [0, 0.1) is 5.92 Å². The molecule has 0 spiro atoms. The van der Waals surface area contributed by atoms with Gasteiger partial charge in [-0.05, 0) is 31.4 Å². The number of hydrogen-bond donors (Lipinski definition) is 1. The molecular weight excluding hydrogens is 178 g/mol. The minimum Gasteiger partial charge on any atom is -0.313 e. The molecule has 1 nitrogen and oxygen atoms in total. The molecule has 0 aromatic carbocycles. The number of rotatable bonds is 4. The van der Waals surface area contributed by atoms with Gasteiger partial charge in [0.15, 0.2) is 0 Å². The molecule has 1 rings (SSSR count). The summed E-state index contributed by atoms with van der Waals surface area (Å²) in [6.45, 7) is 3.59. The molecule has 2 atom stereocenters. The molecule has 1 N–H and O–H groups in total. The molecule has 0 saturated heterocycles. The van der Waals surface area contributed by atoms with Crippen molar-refractivity contribution in [3.05, 3.63) is 0 Å².